The zero-order valence-corrected chi connectivity index (χ0v) is 19.7. The zero-order valence-electron chi connectivity index (χ0n) is 18.2. The monoisotopic (exact) mass is 480 g/mol. The Hall–Kier alpha value is -3.46. The van der Waals surface area contributed by atoms with Crippen LogP contribution in [0.3, 0.4) is 0 Å². The minimum absolute atomic E-state index is 0.0671. The molecule has 0 aliphatic rings. The lowest BCUT2D eigenvalue weighted by atomic mass is 10.1. The molecule has 0 aromatic heterocycles. The van der Waals surface area contributed by atoms with E-state index in [9.17, 15) is 10.1 Å². The van der Waals surface area contributed by atoms with E-state index in [0.29, 0.717) is 32.8 Å². The number of anilines is 1. The van der Waals surface area contributed by atoms with Gasteiger partial charge in [0.25, 0.3) is 5.91 Å². The first-order valence-electron chi connectivity index (χ1n) is 10.2. The van der Waals surface area contributed by atoms with Crippen LogP contribution in [0.5, 0.6) is 11.5 Å². The summed E-state index contributed by atoms with van der Waals surface area (Å²) >= 11 is 12.3. The van der Waals surface area contributed by atoms with Gasteiger partial charge >= 0.3 is 0 Å². The lowest BCUT2D eigenvalue weighted by Gasteiger charge is -2.14. The predicted molar refractivity (Wildman–Crippen MR) is 132 cm³/mol. The summed E-state index contributed by atoms with van der Waals surface area (Å²) < 4.78 is 11.3. The molecular weight excluding hydrogens is 459 g/mol. The second-order valence-electron chi connectivity index (χ2n) is 7.12. The molecule has 0 unspecified atom stereocenters. The molecule has 0 atom stereocenters. The number of halogens is 2. The van der Waals surface area contributed by atoms with E-state index in [1.54, 1.807) is 36.4 Å². The zero-order chi connectivity index (χ0) is 23.8. The van der Waals surface area contributed by atoms with Gasteiger partial charge in [-0.1, -0.05) is 54.4 Å². The molecule has 33 heavy (non-hydrogen) atoms. The van der Waals surface area contributed by atoms with Crippen molar-refractivity contribution in [2.75, 3.05) is 12.4 Å². The van der Waals surface area contributed by atoms with E-state index in [-0.39, 0.29) is 12.2 Å². The Balaban J connectivity index is 1.79. The van der Waals surface area contributed by atoms with E-state index < -0.39 is 5.91 Å². The largest absolute Gasteiger partial charge is 0.493 e. The second kappa shape index (κ2) is 11.4. The molecule has 0 heterocycles. The van der Waals surface area contributed by atoms with Crippen molar-refractivity contribution in [1.82, 2.24) is 0 Å². The quantitative estimate of drug-likeness (QED) is 0.288. The Kier molecular flexibility index (Phi) is 8.37. The minimum Gasteiger partial charge on any atom is -0.493 e. The van der Waals surface area contributed by atoms with Crippen molar-refractivity contribution in [2.24, 2.45) is 0 Å². The van der Waals surface area contributed by atoms with Gasteiger partial charge in [0.1, 0.15) is 18.2 Å². The molecule has 0 aliphatic heterocycles. The molecule has 0 saturated carbocycles. The molecule has 0 saturated heterocycles. The lowest BCUT2D eigenvalue weighted by molar-refractivity contribution is -0.112. The van der Waals surface area contributed by atoms with Crippen molar-refractivity contribution in [3.05, 3.63) is 93.0 Å². The standard InChI is InChI=1S/C26H22Cl2N2O3/c1-3-17-6-10-22(11-7-17)30-26(31)20(15-29)12-19-13-23(28)25(24(14-19)32-2)33-16-18-4-8-21(27)9-5-18/h4-14H,3,16H2,1-2H3,(H,30,31)/b20-12+. The fourth-order valence-electron chi connectivity index (χ4n) is 3.04. The van der Waals surface area contributed by atoms with Gasteiger partial charge in [0.2, 0.25) is 0 Å². The van der Waals surface area contributed by atoms with E-state index in [2.05, 4.69) is 12.2 Å². The Labute approximate surface area is 203 Å². The number of hydrogen-bond donors (Lipinski definition) is 1. The number of nitrogens with one attached hydrogen (secondary N) is 1. The number of nitrogens with zero attached hydrogens (tertiary/aromatic N) is 1. The molecule has 1 N–H and O–H groups in total. The van der Waals surface area contributed by atoms with Crippen LogP contribution in [0.1, 0.15) is 23.6 Å². The highest BCUT2D eigenvalue weighted by atomic mass is 35.5. The van der Waals surface area contributed by atoms with Gasteiger partial charge in [0.15, 0.2) is 11.5 Å². The maximum Gasteiger partial charge on any atom is 0.266 e. The number of rotatable bonds is 8. The average Bonchev–Trinajstić information content (AvgIpc) is 2.83. The Morgan fingerprint density at radius 3 is 2.33 bits per heavy atom. The summed E-state index contributed by atoms with van der Waals surface area (Å²) in [4.78, 5) is 12.6. The molecule has 1 amide bonds. The third-order valence-corrected chi connectivity index (χ3v) is 5.38. The molecule has 7 heteroatoms. The molecular formula is C26H22Cl2N2O3. The summed E-state index contributed by atoms with van der Waals surface area (Å²) in [5.41, 5.74) is 3.15. The van der Waals surface area contributed by atoms with Gasteiger partial charge in [0, 0.05) is 10.7 Å². The van der Waals surface area contributed by atoms with Crippen LogP contribution < -0.4 is 14.8 Å². The topological polar surface area (TPSA) is 71.4 Å². The fourth-order valence-corrected chi connectivity index (χ4v) is 3.44. The van der Waals surface area contributed by atoms with E-state index >= 15 is 0 Å². The molecule has 168 valence electrons. The number of nitriles is 1. The molecule has 3 aromatic rings. The number of amides is 1. The predicted octanol–water partition coefficient (Wildman–Crippen LogP) is 6.69. The van der Waals surface area contributed by atoms with Gasteiger partial charge in [-0.05, 0) is 65.6 Å². The molecule has 5 nitrogen and oxygen atoms in total. The van der Waals surface area contributed by atoms with Gasteiger partial charge < -0.3 is 14.8 Å². The Bertz CT molecular complexity index is 1200. The van der Waals surface area contributed by atoms with Crippen molar-refractivity contribution in [1.29, 1.82) is 5.26 Å². The van der Waals surface area contributed by atoms with Gasteiger partial charge in [-0.25, -0.2) is 0 Å². The minimum atomic E-state index is -0.514. The van der Waals surface area contributed by atoms with Gasteiger partial charge in [0.05, 0.1) is 12.1 Å². The maximum absolute atomic E-state index is 12.6. The third-order valence-electron chi connectivity index (χ3n) is 4.84. The summed E-state index contributed by atoms with van der Waals surface area (Å²) in [6, 6.07) is 19.9. The number of carbonyl (C=O) groups is 1. The van der Waals surface area contributed by atoms with Crippen LogP contribution in [-0.4, -0.2) is 13.0 Å². The van der Waals surface area contributed by atoms with Crippen molar-refractivity contribution in [3.8, 4) is 17.6 Å². The van der Waals surface area contributed by atoms with Crippen molar-refractivity contribution in [2.45, 2.75) is 20.0 Å². The highest BCUT2D eigenvalue weighted by molar-refractivity contribution is 6.32. The van der Waals surface area contributed by atoms with E-state index in [1.165, 1.54) is 13.2 Å². The van der Waals surface area contributed by atoms with E-state index in [4.69, 9.17) is 32.7 Å². The summed E-state index contributed by atoms with van der Waals surface area (Å²) in [6.07, 6.45) is 2.35. The first kappa shape index (κ1) is 24.2. The molecule has 0 aliphatic carbocycles. The fraction of sp³-hybridized carbons (Fsp3) is 0.154. The summed E-state index contributed by atoms with van der Waals surface area (Å²) in [7, 11) is 1.49. The smallest absolute Gasteiger partial charge is 0.266 e. The van der Waals surface area contributed by atoms with Crippen LogP contribution in [0.15, 0.2) is 66.2 Å². The second-order valence-corrected chi connectivity index (χ2v) is 7.97. The molecule has 0 spiro atoms. The van der Waals surface area contributed by atoms with Crippen LogP contribution in [-0.2, 0) is 17.8 Å². The van der Waals surface area contributed by atoms with Crippen LogP contribution in [0.4, 0.5) is 5.69 Å². The van der Waals surface area contributed by atoms with E-state index in [1.807, 2.05) is 30.3 Å². The number of aryl methyl sites for hydroxylation is 1. The molecule has 3 aromatic carbocycles. The third kappa shape index (κ3) is 6.52. The Morgan fingerprint density at radius 1 is 1.06 bits per heavy atom. The molecule has 0 bridgehead atoms. The number of methoxy groups -OCH3 is 1. The number of carbonyl (C=O) groups excluding carboxylic acids is 1. The Morgan fingerprint density at radius 2 is 1.73 bits per heavy atom. The van der Waals surface area contributed by atoms with Gasteiger partial charge in [-0.2, -0.15) is 5.26 Å². The highest BCUT2D eigenvalue weighted by Crippen LogP contribution is 2.37. The first-order chi connectivity index (χ1) is 15.9. The van der Waals surface area contributed by atoms with Crippen molar-refractivity contribution >= 4 is 40.9 Å². The SMILES string of the molecule is CCc1ccc(NC(=O)/C(C#N)=C/c2cc(Cl)c(OCc3ccc(Cl)cc3)c(OC)c2)cc1. The van der Waals surface area contributed by atoms with Crippen LogP contribution in [0.25, 0.3) is 6.08 Å². The van der Waals surface area contributed by atoms with E-state index in [0.717, 1.165) is 17.5 Å². The summed E-state index contributed by atoms with van der Waals surface area (Å²) in [6.45, 7) is 2.32. The first-order valence-corrected chi connectivity index (χ1v) is 11.0. The number of benzene rings is 3. The average molecular weight is 481 g/mol. The van der Waals surface area contributed by atoms with Gasteiger partial charge in [-0.3, -0.25) is 4.79 Å². The normalized spacial score (nSPS) is 10.9. The van der Waals surface area contributed by atoms with Crippen LogP contribution in [0, 0.1) is 11.3 Å². The maximum atomic E-state index is 12.6. The summed E-state index contributed by atoms with van der Waals surface area (Å²) in [5, 5.41) is 13.2. The highest BCUT2D eigenvalue weighted by Gasteiger charge is 2.15. The van der Waals surface area contributed by atoms with Crippen LogP contribution in [0.2, 0.25) is 10.0 Å². The van der Waals surface area contributed by atoms with Crippen molar-refractivity contribution in [3.63, 3.8) is 0 Å². The molecule has 3 rings (SSSR count). The molecule has 0 fully saturated rings. The van der Waals surface area contributed by atoms with Crippen molar-refractivity contribution < 1.29 is 14.3 Å². The number of ether oxygens (including phenoxy) is 2. The van der Waals surface area contributed by atoms with Gasteiger partial charge in [-0.15, -0.1) is 0 Å². The summed E-state index contributed by atoms with van der Waals surface area (Å²) in [5.74, 6) is 0.237. The van der Waals surface area contributed by atoms with Crippen LogP contribution >= 0.6 is 23.2 Å². The molecule has 0 radical (unpaired) electrons. The lowest BCUT2D eigenvalue weighted by Crippen LogP contribution is -2.13. The number of hydrogen-bond acceptors (Lipinski definition) is 4.